The number of carboxylic acid groups (broad SMARTS) is 1. The minimum Gasteiger partial charge on any atom is -0.480 e. The molecule has 0 bridgehead atoms. The molecule has 2 aromatic rings. The third-order valence-electron chi connectivity index (χ3n) is 2.20. The van der Waals surface area contributed by atoms with Crippen LogP contribution < -0.4 is 4.72 Å². The first kappa shape index (κ1) is 12.9. The third kappa shape index (κ3) is 2.33. The van der Waals surface area contributed by atoms with Gasteiger partial charge in [0.15, 0.2) is 5.03 Å². The molecular weight excluding hydrogens is 278 g/mol. The SMILES string of the molecule is CC(NS(=O)(=O)c1nccc2sncc12)C(=O)O. The lowest BCUT2D eigenvalue weighted by atomic mass is 10.4. The highest BCUT2D eigenvalue weighted by Gasteiger charge is 2.24. The average molecular weight is 287 g/mol. The molecule has 2 heterocycles. The number of pyridine rings is 1. The van der Waals surface area contributed by atoms with Crippen LogP contribution in [-0.4, -0.2) is 34.9 Å². The molecule has 2 N–H and O–H groups in total. The molecule has 96 valence electrons. The summed E-state index contributed by atoms with van der Waals surface area (Å²) in [6, 6.07) is 0.422. The maximum atomic E-state index is 12.0. The van der Waals surface area contributed by atoms with Crippen LogP contribution >= 0.6 is 11.5 Å². The second-order valence-electron chi connectivity index (χ2n) is 3.53. The van der Waals surface area contributed by atoms with Crippen LogP contribution in [0.25, 0.3) is 10.1 Å². The van der Waals surface area contributed by atoms with Crippen molar-refractivity contribution in [2.75, 3.05) is 0 Å². The zero-order valence-corrected chi connectivity index (χ0v) is 10.8. The van der Waals surface area contributed by atoms with E-state index >= 15 is 0 Å². The molecule has 0 aliphatic rings. The predicted molar refractivity (Wildman–Crippen MR) is 64.8 cm³/mol. The van der Waals surface area contributed by atoms with Crippen LogP contribution in [0.3, 0.4) is 0 Å². The smallest absolute Gasteiger partial charge is 0.321 e. The molecule has 1 atom stereocenters. The van der Waals surface area contributed by atoms with Crippen molar-refractivity contribution in [1.29, 1.82) is 0 Å². The summed E-state index contributed by atoms with van der Waals surface area (Å²) in [6.07, 6.45) is 2.74. The summed E-state index contributed by atoms with van der Waals surface area (Å²) in [5, 5.41) is 8.88. The minimum atomic E-state index is -3.98. The van der Waals surface area contributed by atoms with Crippen LogP contribution in [0.15, 0.2) is 23.5 Å². The minimum absolute atomic E-state index is 0.207. The second kappa shape index (κ2) is 4.59. The number of fused-ring (bicyclic) bond motifs is 1. The molecule has 0 fully saturated rings. The topological polar surface area (TPSA) is 109 Å². The fourth-order valence-corrected chi connectivity index (χ4v) is 3.36. The zero-order chi connectivity index (χ0) is 13.3. The van der Waals surface area contributed by atoms with Gasteiger partial charge in [-0.25, -0.2) is 13.4 Å². The van der Waals surface area contributed by atoms with Crippen molar-refractivity contribution in [3.05, 3.63) is 18.5 Å². The number of rotatable bonds is 4. The van der Waals surface area contributed by atoms with Crippen molar-refractivity contribution in [3.63, 3.8) is 0 Å². The second-order valence-corrected chi connectivity index (χ2v) is 6.00. The highest BCUT2D eigenvalue weighted by atomic mass is 32.2. The van der Waals surface area contributed by atoms with E-state index in [1.54, 1.807) is 6.07 Å². The van der Waals surface area contributed by atoms with E-state index in [1.807, 2.05) is 4.72 Å². The van der Waals surface area contributed by atoms with E-state index in [4.69, 9.17) is 5.11 Å². The Bertz CT molecular complexity index is 695. The number of nitrogens with one attached hydrogen (secondary N) is 1. The monoisotopic (exact) mass is 287 g/mol. The molecular formula is C9H9N3O4S2. The molecule has 0 aliphatic carbocycles. The highest BCUT2D eigenvalue weighted by Crippen LogP contribution is 2.23. The molecule has 0 saturated carbocycles. The first-order valence-electron chi connectivity index (χ1n) is 4.86. The highest BCUT2D eigenvalue weighted by molar-refractivity contribution is 7.89. The van der Waals surface area contributed by atoms with Gasteiger partial charge in [-0.1, -0.05) is 0 Å². The number of aliphatic carboxylic acids is 1. The van der Waals surface area contributed by atoms with Crippen LogP contribution in [-0.2, 0) is 14.8 Å². The van der Waals surface area contributed by atoms with Crippen LogP contribution in [0, 0.1) is 0 Å². The van der Waals surface area contributed by atoms with Crippen molar-refractivity contribution in [2.45, 2.75) is 18.0 Å². The number of aromatic nitrogens is 2. The van der Waals surface area contributed by atoms with E-state index in [2.05, 4.69) is 9.36 Å². The Labute approximate surface area is 107 Å². The molecule has 0 radical (unpaired) electrons. The largest absolute Gasteiger partial charge is 0.480 e. The Balaban J connectivity index is 2.47. The summed E-state index contributed by atoms with van der Waals surface area (Å²) in [7, 11) is -3.98. The number of carboxylic acids is 1. The van der Waals surface area contributed by atoms with Gasteiger partial charge in [0, 0.05) is 6.20 Å². The molecule has 1 unspecified atom stereocenters. The summed E-state index contributed by atoms with van der Waals surface area (Å²) in [5.41, 5.74) is 0. The van der Waals surface area contributed by atoms with Crippen molar-refractivity contribution in [3.8, 4) is 0 Å². The first-order valence-corrected chi connectivity index (χ1v) is 7.12. The van der Waals surface area contributed by atoms with Crippen LogP contribution in [0.2, 0.25) is 0 Å². The fraction of sp³-hybridized carbons (Fsp3) is 0.222. The Morgan fingerprint density at radius 3 is 2.94 bits per heavy atom. The van der Waals surface area contributed by atoms with Crippen molar-refractivity contribution < 1.29 is 18.3 Å². The molecule has 0 aliphatic heterocycles. The molecule has 0 spiro atoms. The maximum absolute atomic E-state index is 12.0. The Hall–Kier alpha value is -1.58. The number of nitrogens with zero attached hydrogens (tertiary/aromatic N) is 2. The third-order valence-corrected chi connectivity index (χ3v) is 4.47. The fourth-order valence-electron chi connectivity index (χ4n) is 1.32. The Morgan fingerprint density at radius 2 is 2.28 bits per heavy atom. The standard InChI is InChI=1S/C9H9N3O4S2/c1-5(9(13)14)12-18(15,16)8-6-4-11-17-7(6)2-3-10-8/h2-5,12H,1H3,(H,13,14). The lowest BCUT2D eigenvalue weighted by Gasteiger charge is -2.09. The summed E-state index contributed by atoms with van der Waals surface area (Å²) < 4.78 is 30.6. The number of sulfonamides is 1. The summed E-state index contributed by atoms with van der Waals surface area (Å²) in [6.45, 7) is 1.24. The lowest BCUT2D eigenvalue weighted by molar-refractivity contribution is -0.138. The van der Waals surface area contributed by atoms with Gasteiger partial charge in [0.1, 0.15) is 6.04 Å². The van der Waals surface area contributed by atoms with Gasteiger partial charge in [0.05, 0.1) is 16.3 Å². The van der Waals surface area contributed by atoms with Crippen molar-refractivity contribution in [2.24, 2.45) is 0 Å². The molecule has 0 amide bonds. The number of carbonyl (C=O) groups is 1. The summed E-state index contributed by atoms with van der Waals surface area (Å²) in [5.74, 6) is -1.26. The molecule has 2 aromatic heterocycles. The van der Waals surface area contributed by atoms with Crippen LogP contribution in [0.5, 0.6) is 0 Å². The normalized spacial score (nSPS) is 13.6. The predicted octanol–water partition coefficient (Wildman–Crippen LogP) is 0.443. The number of hydrogen-bond donors (Lipinski definition) is 2. The van der Waals surface area contributed by atoms with Crippen LogP contribution in [0.4, 0.5) is 0 Å². The first-order chi connectivity index (χ1) is 8.42. The van der Waals surface area contributed by atoms with Gasteiger partial charge in [0.25, 0.3) is 10.0 Å². The van der Waals surface area contributed by atoms with Gasteiger partial charge in [0.2, 0.25) is 0 Å². The van der Waals surface area contributed by atoms with E-state index in [0.29, 0.717) is 10.1 Å². The van der Waals surface area contributed by atoms with Gasteiger partial charge in [-0.05, 0) is 24.5 Å². The van der Waals surface area contributed by atoms with Crippen LogP contribution in [0.1, 0.15) is 6.92 Å². The molecule has 0 saturated heterocycles. The zero-order valence-electron chi connectivity index (χ0n) is 9.19. The average Bonchev–Trinajstić information content (AvgIpc) is 2.75. The quantitative estimate of drug-likeness (QED) is 0.844. The molecule has 0 aromatic carbocycles. The number of hydrogen-bond acceptors (Lipinski definition) is 6. The maximum Gasteiger partial charge on any atom is 0.321 e. The van der Waals surface area contributed by atoms with E-state index in [-0.39, 0.29) is 5.03 Å². The molecule has 7 nitrogen and oxygen atoms in total. The van der Waals surface area contributed by atoms with Gasteiger partial charge < -0.3 is 5.11 Å². The molecule has 18 heavy (non-hydrogen) atoms. The lowest BCUT2D eigenvalue weighted by Crippen LogP contribution is -2.38. The van der Waals surface area contributed by atoms with Gasteiger partial charge in [-0.2, -0.15) is 9.10 Å². The van der Waals surface area contributed by atoms with Gasteiger partial charge in [-0.3, -0.25) is 4.79 Å². The molecule has 9 heteroatoms. The molecule has 2 rings (SSSR count). The summed E-state index contributed by atoms with van der Waals surface area (Å²) >= 11 is 1.14. The summed E-state index contributed by atoms with van der Waals surface area (Å²) in [4.78, 5) is 14.5. The van der Waals surface area contributed by atoms with Crippen molar-refractivity contribution in [1.82, 2.24) is 14.1 Å². The van der Waals surface area contributed by atoms with Gasteiger partial charge >= 0.3 is 5.97 Å². The van der Waals surface area contributed by atoms with E-state index < -0.39 is 22.0 Å². The van der Waals surface area contributed by atoms with Gasteiger partial charge in [-0.15, -0.1) is 0 Å². The van der Waals surface area contributed by atoms with E-state index in [9.17, 15) is 13.2 Å². The van der Waals surface area contributed by atoms with Crippen molar-refractivity contribution >= 4 is 37.6 Å². The Kier molecular flexibility index (Phi) is 3.28. The Morgan fingerprint density at radius 1 is 1.56 bits per heavy atom. The van der Waals surface area contributed by atoms with E-state index in [1.165, 1.54) is 19.3 Å². The van der Waals surface area contributed by atoms with E-state index in [0.717, 1.165) is 11.5 Å².